The van der Waals surface area contributed by atoms with Crippen molar-refractivity contribution < 1.29 is 13.9 Å². The number of rotatable bonds is 7. The number of carbonyl (C=O) groups excluding carboxylic acids is 1. The molecule has 0 radical (unpaired) electrons. The Bertz CT molecular complexity index is 1260. The Hall–Kier alpha value is -3.29. The minimum Gasteiger partial charge on any atom is -0.489 e. The van der Waals surface area contributed by atoms with E-state index in [-0.39, 0.29) is 24.4 Å². The molecule has 174 valence electrons. The van der Waals surface area contributed by atoms with Crippen molar-refractivity contribution >= 4 is 27.3 Å². The first-order valence-corrected chi connectivity index (χ1v) is 12.3. The maximum Gasteiger partial charge on any atom is 0.262 e. The van der Waals surface area contributed by atoms with Gasteiger partial charge in [-0.05, 0) is 49.2 Å². The Morgan fingerprint density at radius 3 is 2.62 bits per heavy atom. The van der Waals surface area contributed by atoms with E-state index < -0.39 is 0 Å². The van der Waals surface area contributed by atoms with Crippen molar-refractivity contribution in [3.05, 3.63) is 94.9 Å². The fourth-order valence-electron chi connectivity index (χ4n) is 4.37. The summed E-state index contributed by atoms with van der Waals surface area (Å²) in [6, 6.07) is 20.4. The first kappa shape index (κ1) is 22.5. The predicted molar refractivity (Wildman–Crippen MR) is 133 cm³/mol. The number of thiophene rings is 1. The van der Waals surface area contributed by atoms with Crippen LogP contribution in [0.25, 0.3) is 10.1 Å². The summed E-state index contributed by atoms with van der Waals surface area (Å²) in [5, 5.41) is 3.66. The summed E-state index contributed by atoms with van der Waals surface area (Å²) < 4.78 is 21.4. The van der Waals surface area contributed by atoms with Crippen LogP contribution in [0.4, 0.5) is 4.39 Å². The van der Waals surface area contributed by atoms with Crippen molar-refractivity contribution in [2.75, 3.05) is 13.1 Å². The second-order valence-corrected chi connectivity index (χ2v) is 9.52. The zero-order valence-electron chi connectivity index (χ0n) is 18.7. The summed E-state index contributed by atoms with van der Waals surface area (Å²) in [5.41, 5.74) is 1.66. The number of piperidine rings is 1. The van der Waals surface area contributed by atoms with Crippen molar-refractivity contribution in [2.45, 2.75) is 32.0 Å². The number of hydrogen-bond acceptors (Lipinski definition) is 5. The van der Waals surface area contributed by atoms with Gasteiger partial charge in [-0.1, -0.05) is 30.3 Å². The van der Waals surface area contributed by atoms with E-state index in [0.717, 1.165) is 42.9 Å². The lowest BCUT2D eigenvalue weighted by Crippen LogP contribution is -2.44. The third-order valence-corrected chi connectivity index (χ3v) is 7.33. The molecule has 1 fully saturated rings. The van der Waals surface area contributed by atoms with Gasteiger partial charge in [0, 0.05) is 47.5 Å². The molecule has 0 atom stereocenters. The molecule has 34 heavy (non-hydrogen) atoms. The SMILES string of the molecule is O=C(NC1CCN(Cc2ccccn2)CC1)c1sc2cccc(F)c2c1COc1ccccc1. The van der Waals surface area contributed by atoms with Crippen LogP contribution in [-0.4, -0.2) is 34.9 Å². The quantitative estimate of drug-likeness (QED) is 0.388. The number of ether oxygens (including phenoxy) is 1. The van der Waals surface area contributed by atoms with Crippen molar-refractivity contribution in [1.82, 2.24) is 15.2 Å². The molecule has 5 rings (SSSR count). The molecule has 1 amide bonds. The van der Waals surface area contributed by atoms with Crippen molar-refractivity contribution in [1.29, 1.82) is 0 Å². The summed E-state index contributed by atoms with van der Waals surface area (Å²) in [4.78, 5) is 20.6. The molecule has 0 aliphatic carbocycles. The van der Waals surface area contributed by atoms with Crippen LogP contribution in [0.15, 0.2) is 72.9 Å². The zero-order chi connectivity index (χ0) is 23.3. The number of nitrogens with one attached hydrogen (secondary N) is 1. The lowest BCUT2D eigenvalue weighted by Gasteiger charge is -2.32. The number of para-hydroxylation sites is 1. The smallest absolute Gasteiger partial charge is 0.262 e. The largest absolute Gasteiger partial charge is 0.489 e. The maximum atomic E-state index is 14.7. The highest BCUT2D eigenvalue weighted by Crippen LogP contribution is 2.34. The molecule has 7 heteroatoms. The van der Waals surface area contributed by atoms with Crippen LogP contribution in [-0.2, 0) is 13.2 Å². The highest BCUT2D eigenvalue weighted by molar-refractivity contribution is 7.21. The van der Waals surface area contributed by atoms with Crippen LogP contribution in [0.3, 0.4) is 0 Å². The Morgan fingerprint density at radius 2 is 1.85 bits per heavy atom. The normalized spacial score (nSPS) is 14.9. The minimum atomic E-state index is -0.331. The van der Waals surface area contributed by atoms with Crippen molar-refractivity contribution in [3.63, 3.8) is 0 Å². The standard InChI is InChI=1S/C27H26FN3O2S/c28-23-10-6-11-24-25(23)22(18-33-21-8-2-1-3-9-21)26(34-24)27(32)30-19-12-15-31(16-13-19)17-20-7-4-5-14-29-20/h1-11,14,19H,12-13,15-18H2,(H,30,32). The number of pyridine rings is 1. The molecule has 4 aromatic rings. The Balaban J connectivity index is 1.28. The third kappa shape index (κ3) is 5.11. The summed E-state index contributed by atoms with van der Waals surface area (Å²) in [6.45, 7) is 2.74. The van der Waals surface area contributed by atoms with Crippen LogP contribution in [0.2, 0.25) is 0 Å². The molecule has 0 spiro atoms. The van der Waals surface area contributed by atoms with Crippen LogP contribution in [0.1, 0.15) is 33.8 Å². The van der Waals surface area contributed by atoms with Gasteiger partial charge in [-0.3, -0.25) is 14.7 Å². The van der Waals surface area contributed by atoms with Crippen LogP contribution in [0.5, 0.6) is 5.75 Å². The van der Waals surface area contributed by atoms with Gasteiger partial charge in [0.2, 0.25) is 0 Å². The number of nitrogens with zero attached hydrogens (tertiary/aromatic N) is 2. The van der Waals surface area contributed by atoms with E-state index in [1.165, 1.54) is 17.4 Å². The van der Waals surface area contributed by atoms with Gasteiger partial charge in [0.1, 0.15) is 18.2 Å². The van der Waals surface area contributed by atoms with Crippen LogP contribution < -0.4 is 10.1 Å². The number of carbonyl (C=O) groups is 1. The van der Waals surface area contributed by atoms with Gasteiger partial charge in [0.15, 0.2) is 0 Å². The zero-order valence-corrected chi connectivity index (χ0v) is 19.6. The van der Waals surface area contributed by atoms with E-state index in [4.69, 9.17) is 4.74 Å². The first-order valence-electron chi connectivity index (χ1n) is 11.5. The third-order valence-electron chi connectivity index (χ3n) is 6.13. The molecular weight excluding hydrogens is 449 g/mol. The molecule has 1 aliphatic rings. The minimum absolute atomic E-state index is 0.0884. The number of likely N-dealkylation sites (tertiary alicyclic amines) is 1. The fourth-order valence-corrected chi connectivity index (χ4v) is 5.49. The summed E-state index contributed by atoms with van der Waals surface area (Å²) in [6.07, 6.45) is 3.55. The summed E-state index contributed by atoms with van der Waals surface area (Å²) in [7, 11) is 0. The van der Waals surface area contributed by atoms with Gasteiger partial charge in [-0.2, -0.15) is 0 Å². The van der Waals surface area contributed by atoms with Gasteiger partial charge in [-0.25, -0.2) is 4.39 Å². The van der Waals surface area contributed by atoms with E-state index in [2.05, 4.69) is 15.2 Å². The summed E-state index contributed by atoms with van der Waals surface area (Å²) in [5.74, 6) is 0.197. The Morgan fingerprint density at radius 1 is 1.06 bits per heavy atom. The van der Waals surface area contributed by atoms with E-state index in [9.17, 15) is 9.18 Å². The van der Waals surface area contributed by atoms with Gasteiger partial charge < -0.3 is 10.1 Å². The molecule has 2 aromatic carbocycles. The molecular formula is C27H26FN3O2S. The monoisotopic (exact) mass is 475 g/mol. The molecule has 2 aromatic heterocycles. The average Bonchev–Trinajstić information content (AvgIpc) is 3.25. The van der Waals surface area contributed by atoms with E-state index in [0.29, 0.717) is 21.6 Å². The van der Waals surface area contributed by atoms with E-state index in [1.54, 1.807) is 6.07 Å². The van der Waals surface area contributed by atoms with E-state index in [1.807, 2.05) is 60.8 Å². The fraction of sp³-hybridized carbons (Fsp3) is 0.259. The molecule has 1 N–H and O–H groups in total. The molecule has 0 unspecified atom stereocenters. The van der Waals surface area contributed by atoms with E-state index >= 15 is 0 Å². The number of fused-ring (bicyclic) bond motifs is 1. The van der Waals surface area contributed by atoms with Gasteiger partial charge >= 0.3 is 0 Å². The van der Waals surface area contributed by atoms with Crippen molar-refractivity contribution in [2.24, 2.45) is 0 Å². The molecule has 1 aliphatic heterocycles. The van der Waals surface area contributed by atoms with Crippen LogP contribution >= 0.6 is 11.3 Å². The Labute approximate surface area is 202 Å². The lowest BCUT2D eigenvalue weighted by atomic mass is 10.0. The summed E-state index contributed by atoms with van der Waals surface area (Å²) >= 11 is 1.32. The predicted octanol–water partition coefficient (Wildman–Crippen LogP) is 5.41. The number of halogens is 1. The average molecular weight is 476 g/mol. The Kier molecular flexibility index (Phi) is 6.83. The number of amides is 1. The van der Waals surface area contributed by atoms with Gasteiger partial charge in [0.05, 0.1) is 10.6 Å². The number of hydrogen-bond donors (Lipinski definition) is 1. The highest BCUT2D eigenvalue weighted by Gasteiger charge is 2.25. The van der Waals surface area contributed by atoms with Gasteiger partial charge in [-0.15, -0.1) is 11.3 Å². The maximum absolute atomic E-state index is 14.7. The second-order valence-electron chi connectivity index (χ2n) is 8.47. The topological polar surface area (TPSA) is 54.5 Å². The molecule has 3 heterocycles. The first-order chi connectivity index (χ1) is 16.7. The lowest BCUT2D eigenvalue weighted by molar-refractivity contribution is 0.0910. The molecule has 1 saturated heterocycles. The molecule has 0 bridgehead atoms. The number of benzene rings is 2. The van der Waals surface area contributed by atoms with Crippen molar-refractivity contribution in [3.8, 4) is 5.75 Å². The second kappa shape index (κ2) is 10.3. The van der Waals surface area contributed by atoms with Gasteiger partial charge in [0.25, 0.3) is 5.91 Å². The van der Waals surface area contributed by atoms with Crippen LogP contribution in [0, 0.1) is 5.82 Å². The highest BCUT2D eigenvalue weighted by atomic mass is 32.1. The molecule has 5 nitrogen and oxygen atoms in total. The number of aromatic nitrogens is 1. The molecule has 0 saturated carbocycles.